The number of benzene rings is 1. The molecule has 2 rings (SSSR count). The van der Waals surface area contributed by atoms with Crippen molar-refractivity contribution in [3.63, 3.8) is 0 Å². The van der Waals surface area contributed by atoms with E-state index in [1.807, 2.05) is 11.8 Å². The topological polar surface area (TPSA) is 23.6 Å². The van der Waals surface area contributed by atoms with Crippen molar-refractivity contribution in [1.82, 2.24) is 9.80 Å². The van der Waals surface area contributed by atoms with Gasteiger partial charge < -0.3 is 9.80 Å². The van der Waals surface area contributed by atoms with Crippen LogP contribution in [0, 0.1) is 29.1 Å². The van der Waals surface area contributed by atoms with Crippen LogP contribution in [-0.2, 0) is 0 Å². The number of halogens is 5. The molecule has 1 amide bonds. The second kappa shape index (κ2) is 5.97. The molecule has 8 heteroatoms. The van der Waals surface area contributed by atoms with Crippen molar-refractivity contribution in [2.24, 2.45) is 0 Å². The van der Waals surface area contributed by atoms with Crippen molar-refractivity contribution in [1.29, 1.82) is 0 Å². The number of amides is 1. The molecule has 0 atom stereocenters. The van der Waals surface area contributed by atoms with E-state index < -0.39 is 40.6 Å². The van der Waals surface area contributed by atoms with E-state index in [1.165, 1.54) is 0 Å². The number of carbonyl (C=O) groups is 1. The number of carbonyl (C=O) groups excluding carboxylic acids is 1. The largest absolute Gasteiger partial charge is 0.336 e. The Balaban J connectivity index is 2.32. The van der Waals surface area contributed by atoms with Gasteiger partial charge in [-0.1, -0.05) is 6.92 Å². The van der Waals surface area contributed by atoms with Gasteiger partial charge in [-0.05, 0) is 6.54 Å². The molecule has 1 aliphatic rings. The number of likely N-dealkylation sites (N-methyl/N-ethyl adjacent to an activating group) is 1. The fourth-order valence-corrected chi connectivity index (χ4v) is 2.22. The summed E-state index contributed by atoms with van der Waals surface area (Å²) < 4.78 is 66.3. The minimum atomic E-state index is -2.27. The molecule has 1 heterocycles. The average molecular weight is 308 g/mol. The van der Waals surface area contributed by atoms with E-state index >= 15 is 0 Å². The van der Waals surface area contributed by atoms with Gasteiger partial charge in [0.05, 0.1) is 0 Å². The van der Waals surface area contributed by atoms with E-state index in [-0.39, 0.29) is 13.1 Å². The number of hydrogen-bond acceptors (Lipinski definition) is 2. The van der Waals surface area contributed by atoms with Gasteiger partial charge in [-0.2, -0.15) is 0 Å². The SMILES string of the molecule is CCN1CCN(C(=O)c2c(F)c(F)c(F)c(F)c2F)CC1. The predicted molar refractivity (Wildman–Crippen MR) is 64.2 cm³/mol. The standard InChI is InChI=1S/C13H13F5N2O/c1-2-19-3-5-20(6-4-19)13(21)7-8(14)10(16)12(18)11(17)9(7)15/h2-6H2,1H3. The summed E-state index contributed by atoms with van der Waals surface area (Å²) in [5.74, 6) is -11.8. The monoisotopic (exact) mass is 308 g/mol. The van der Waals surface area contributed by atoms with E-state index in [1.54, 1.807) is 0 Å². The first-order chi connectivity index (χ1) is 9.88. The lowest BCUT2D eigenvalue weighted by molar-refractivity contribution is 0.0630. The summed E-state index contributed by atoms with van der Waals surface area (Å²) in [5.41, 5.74) is -1.39. The summed E-state index contributed by atoms with van der Waals surface area (Å²) in [7, 11) is 0. The molecule has 21 heavy (non-hydrogen) atoms. The highest BCUT2D eigenvalue weighted by molar-refractivity contribution is 5.95. The van der Waals surface area contributed by atoms with Gasteiger partial charge in [0.15, 0.2) is 23.3 Å². The Morgan fingerprint density at radius 2 is 1.29 bits per heavy atom. The van der Waals surface area contributed by atoms with Gasteiger partial charge in [-0.25, -0.2) is 22.0 Å². The normalized spacial score (nSPS) is 16.4. The Labute approximate surface area is 117 Å². The zero-order chi connectivity index (χ0) is 15.7. The minimum absolute atomic E-state index is 0.173. The second-order valence-corrected chi connectivity index (χ2v) is 4.67. The molecule has 1 aromatic carbocycles. The minimum Gasteiger partial charge on any atom is -0.336 e. The van der Waals surface area contributed by atoms with Crippen molar-refractivity contribution >= 4 is 5.91 Å². The van der Waals surface area contributed by atoms with Crippen molar-refractivity contribution in [3.8, 4) is 0 Å². The summed E-state index contributed by atoms with van der Waals surface area (Å²) in [5, 5.41) is 0. The maximum Gasteiger partial charge on any atom is 0.260 e. The van der Waals surface area contributed by atoms with Crippen LogP contribution in [0.15, 0.2) is 0 Å². The van der Waals surface area contributed by atoms with Gasteiger partial charge in [-0.15, -0.1) is 0 Å². The highest BCUT2D eigenvalue weighted by Gasteiger charge is 2.33. The average Bonchev–Trinajstić information content (AvgIpc) is 2.51. The molecule has 0 unspecified atom stereocenters. The maximum absolute atomic E-state index is 13.6. The number of hydrogen-bond donors (Lipinski definition) is 0. The van der Waals surface area contributed by atoms with Gasteiger partial charge in [0.25, 0.3) is 5.91 Å². The molecule has 1 saturated heterocycles. The molecule has 0 aliphatic carbocycles. The molecular formula is C13H13F5N2O. The molecule has 0 N–H and O–H groups in total. The molecule has 1 fully saturated rings. The van der Waals surface area contributed by atoms with Crippen LogP contribution in [0.5, 0.6) is 0 Å². The lowest BCUT2D eigenvalue weighted by Gasteiger charge is -2.34. The van der Waals surface area contributed by atoms with Gasteiger partial charge in [0.2, 0.25) is 5.82 Å². The highest BCUT2D eigenvalue weighted by Crippen LogP contribution is 2.24. The fourth-order valence-electron chi connectivity index (χ4n) is 2.22. The summed E-state index contributed by atoms with van der Waals surface area (Å²) in [6.07, 6.45) is 0. The second-order valence-electron chi connectivity index (χ2n) is 4.67. The van der Waals surface area contributed by atoms with E-state index in [9.17, 15) is 26.7 Å². The van der Waals surface area contributed by atoms with E-state index in [0.29, 0.717) is 13.1 Å². The summed E-state index contributed by atoms with van der Waals surface area (Å²) >= 11 is 0. The van der Waals surface area contributed by atoms with Gasteiger partial charge >= 0.3 is 0 Å². The molecule has 0 radical (unpaired) electrons. The van der Waals surface area contributed by atoms with Gasteiger partial charge in [0.1, 0.15) is 5.56 Å². The van der Waals surface area contributed by atoms with Crippen LogP contribution in [0.4, 0.5) is 22.0 Å². The lowest BCUT2D eigenvalue weighted by Crippen LogP contribution is -2.49. The van der Waals surface area contributed by atoms with Crippen LogP contribution in [0.3, 0.4) is 0 Å². The Bertz CT molecular complexity index is 541. The van der Waals surface area contributed by atoms with Crippen LogP contribution in [0.1, 0.15) is 17.3 Å². The van der Waals surface area contributed by atoms with Crippen molar-refractivity contribution < 1.29 is 26.7 Å². The molecule has 0 spiro atoms. The van der Waals surface area contributed by atoms with Crippen LogP contribution in [0.25, 0.3) is 0 Å². The number of nitrogens with zero attached hydrogens (tertiary/aromatic N) is 2. The maximum atomic E-state index is 13.6. The van der Waals surface area contributed by atoms with Crippen molar-refractivity contribution in [2.75, 3.05) is 32.7 Å². The van der Waals surface area contributed by atoms with E-state index in [2.05, 4.69) is 0 Å². The number of rotatable bonds is 2. The zero-order valence-electron chi connectivity index (χ0n) is 11.2. The van der Waals surface area contributed by atoms with Crippen LogP contribution >= 0.6 is 0 Å². The molecule has 1 aliphatic heterocycles. The molecule has 0 saturated carbocycles. The summed E-state index contributed by atoms with van der Waals surface area (Å²) in [6.45, 7) is 3.99. The van der Waals surface area contributed by atoms with Crippen LogP contribution < -0.4 is 0 Å². The zero-order valence-corrected chi connectivity index (χ0v) is 11.2. The first kappa shape index (κ1) is 15.7. The third kappa shape index (κ3) is 2.72. The molecule has 116 valence electrons. The summed E-state index contributed by atoms with van der Waals surface area (Å²) in [6, 6.07) is 0. The van der Waals surface area contributed by atoms with Crippen molar-refractivity contribution in [2.45, 2.75) is 6.92 Å². The molecule has 3 nitrogen and oxygen atoms in total. The van der Waals surface area contributed by atoms with E-state index in [0.717, 1.165) is 11.4 Å². The van der Waals surface area contributed by atoms with Gasteiger partial charge in [-0.3, -0.25) is 4.79 Å². The van der Waals surface area contributed by atoms with E-state index in [4.69, 9.17) is 0 Å². The fraction of sp³-hybridized carbons (Fsp3) is 0.462. The lowest BCUT2D eigenvalue weighted by atomic mass is 10.1. The molecule has 0 bridgehead atoms. The van der Waals surface area contributed by atoms with Crippen LogP contribution in [-0.4, -0.2) is 48.4 Å². The first-order valence-corrected chi connectivity index (χ1v) is 6.41. The third-order valence-electron chi connectivity index (χ3n) is 3.53. The Morgan fingerprint density at radius 1 is 0.857 bits per heavy atom. The Kier molecular flexibility index (Phi) is 4.46. The summed E-state index contributed by atoms with van der Waals surface area (Å²) in [4.78, 5) is 15.1. The first-order valence-electron chi connectivity index (χ1n) is 6.41. The predicted octanol–water partition coefficient (Wildman–Crippen LogP) is 2.16. The molecular weight excluding hydrogens is 295 g/mol. The molecule has 1 aromatic rings. The van der Waals surface area contributed by atoms with Crippen LogP contribution in [0.2, 0.25) is 0 Å². The van der Waals surface area contributed by atoms with Crippen molar-refractivity contribution in [3.05, 3.63) is 34.6 Å². The number of piperazine rings is 1. The smallest absolute Gasteiger partial charge is 0.260 e. The molecule has 0 aromatic heterocycles. The Hall–Kier alpha value is -1.70. The quantitative estimate of drug-likeness (QED) is 0.475. The highest BCUT2D eigenvalue weighted by atomic mass is 19.2. The van der Waals surface area contributed by atoms with Gasteiger partial charge in [0, 0.05) is 26.2 Å². The third-order valence-corrected chi connectivity index (χ3v) is 3.53. The Morgan fingerprint density at radius 3 is 1.71 bits per heavy atom.